The number of aliphatic carboxylic acids is 1. The van der Waals surface area contributed by atoms with Crippen LogP contribution < -0.4 is 5.32 Å². The van der Waals surface area contributed by atoms with E-state index in [2.05, 4.69) is 5.32 Å². The Labute approximate surface area is 106 Å². The van der Waals surface area contributed by atoms with Gasteiger partial charge >= 0.3 is 5.97 Å². The molecule has 0 bridgehead atoms. The molecular weight excluding hydrogens is 263 g/mol. The van der Waals surface area contributed by atoms with Gasteiger partial charge in [0.15, 0.2) is 17.5 Å². The molecule has 4 nitrogen and oxygen atoms in total. The lowest BCUT2D eigenvalue weighted by Crippen LogP contribution is -2.42. The molecule has 0 spiro atoms. The summed E-state index contributed by atoms with van der Waals surface area (Å²) in [5, 5.41) is 11.0. The number of carbonyl (C=O) groups excluding carboxylic acids is 1. The van der Waals surface area contributed by atoms with Crippen LogP contribution in [-0.4, -0.2) is 23.0 Å². The first kappa shape index (κ1) is 13.4. The molecule has 1 saturated carbocycles. The summed E-state index contributed by atoms with van der Waals surface area (Å²) in [6.45, 7) is 0. The van der Waals surface area contributed by atoms with Crippen molar-refractivity contribution in [3.05, 3.63) is 35.1 Å². The second kappa shape index (κ2) is 4.91. The van der Waals surface area contributed by atoms with Gasteiger partial charge in [0.05, 0.1) is 5.56 Å². The molecule has 0 aromatic heterocycles. The molecule has 1 aromatic carbocycles. The molecule has 102 valence electrons. The van der Waals surface area contributed by atoms with Crippen LogP contribution in [0.3, 0.4) is 0 Å². The molecular formula is C12H10F3NO3. The van der Waals surface area contributed by atoms with E-state index in [1.54, 1.807) is 0 Å². The SMILES string of the molecule is O=C(NC(C(=O)O)C1CC1)c1ccc(F)c(F)c1F. The summed E-state index contributed by atoms with van der Waals surface area (Å²) in [4.78, 5) is 22.6. The third kappa shape index (κ3) is 2.69. The van der Waals surface area contributed by atoms with E-state index in [4.69, 9.17) is 5.11 Å². The molecule has 1 aliphatic rings. The average molecular weight is 273 g/mol. The zero-order chi connectivity index (χ0) is 14.2. The topological polar surface area (TPSA) is 66.4 Å². The first-order chi connectivity index (χ1) is 8.91. The number of nitrogens with one attached hydrogen (secondary N) is 1. The van der Waals surface area contributed by atoms with E-state index in [-0.39, 0.29) is 5.92 Å². The number of carboxylic acids is 1. The molecule has 0 aliphatic heterocycles. The molecule has 2 rings (SSSR count). The van der Waals surface area contributed by atoms with Gasteiger partial charge in [-0.25, -0.2) is 18.0 Å². The highest BCUT2D eigenvalue weighted by atomic mass is 19.2. The summed E-state index contributed by atoms with van der Waals surface area (Å²) in [5.74, 6) is -7.31. The van der Waals surface area contributed by atoms with Crippen LogP contribution in [-0.2, 0) is 4.79 Å². The highest BCUT2D eigenvalue weighted by molar-refractivity contribution is 5.97. The number of rotatable bonds is 4. The normalized spacial score (nSPS) is 15.9. The minimum atomic E-state index is -1.76. The number of carboxylic acid groups (broad SMARTS) is 1. The Bertz CT molecular complexity index is 543. The van der Waals surface area contributed by atoms with Crippen LogP contribution in [0.2, 0.25) is 0 Å². The van der Waals surface area contributed by atoms with E-state index in [9.17, 15) is 22.8 Å². The largest absolute Gasteiger partial charge is 0.480 e. The quantitative estimate of drug-likeness (QED) is 0.820. The highest BCUT2D eigenvalue weighted by Crippen LogP contribution is 2.33. The van der Waals surface area contributed by atoms with E-state index >= 15 is 0 Å². The van der Waals surface area contributed by atoms with Crippen molar-refractivity contribution in [2.24, 2.45) is 5.92 Å². The molecule has 0 heterocycles. The Balaban J connectivity index is 2.20. The van der Waals surface area contributed by atoms with Gasteiger partial charge in [0.1, 0.15) is 6.04 Å². The van der Waals surface area contributed by atoms with Crippen molar-refractivity contribution in [3.8, 4) is 0 Å². The number of hydrogen-bond acceptors (Lipinski definition) is 2. The van der Waals surface area contributed by atoms with Gasteiger partial charge < -0.3 is 10.4 Å². The molecule has 1 fully saturated rings. The van der Waals surface area contributed by atoms with Crippen LogP contribution in [0.5, 0.6) is 0 Å². The van der Waals surface area contributed by atoms with Gasteiger partial charge in [-0.15, -0.1) is 0 Å². The lowest BCUT2D eigenvalue weighted by atomic mass is 10.1. The van der Waals surface area contributed by atoms with E-state index in [1.807, 2.05) is 0 Å². The lowest BCUT2D eigenvalue weighted by Gasteiger charge is -2.14. The summed E-state index contributed by atoms with van der Waals surface area (Å²) < 4.78 is 39.0. The standard InChI is InChI=1S/C12H10F3NO3/c13-7-4-3-6(8(14)9(7)15)11(17)16-10(12(18)19)5-1-2-5/h3-5,10H,1-2H2,(H,16,17)(H,18,19). The maximum absolute atomic E-state index is 13.4. The van der Waals surface area contributed by atoms with Crippen LogP contribution in [0.25, 0.3) is 0 Å². The maximum Gasteiger partial charge on any atom is 0.326 e. The molecule has 1 amide bonds. The fourth-order valence-corrected chi connectivity index (χ4v) is 1.73. The van der Waals surface area contributed by atoms with E-state index in [1.165, 1.54) is 0 Å². The van der Waals surface area contributed by atoms with E-state index < -0.39 is 40.9 Å². The van der Waals surface area contributed by atoms with Crippen molar-refractivity contribution in [2.75, 3.05) is 0 Å². The van der Waals surface area contributed by atoms with Gasteiger partial charge in [-0.3, -0.25) is 4.79 Å². The molecule has 1 aliphatic carbocycles. The lowest BCUT2D eigenvalue weighted by molar-refractivity contribution is -0.139. The van der Waals surface area contributed by atoms with Gasteiger partial charge in [0.25, 0.3) is 5.91 Å². The van der Waals surface area contributed by atoms with Gasteiger partial charge in [0.2, 0.25) is 0 Å². The first-order valence-electron chi connectivity index (χ1n) is 5.59. The van der Waals surface area contributed by atoms with Gasteiger partial charge in [-0.05, 0) is 30.9 Å². The van der Waals surface area contributed by atoms with Crippen LogP contribution in [0.4, 0.5) is 13.2 Å². The Morgan fingerprint density at radius 1 is 1.21 bits per heavy atom. The smallest absolute Gasteiger partial charge is 0.326 e. The fourth-order valence-electron chi connectivity index (χ4n) is 1.73. The zero-order valence-corrected chi connectivity index (χ0v) is 9.62. The van der Waals surface area contributed by atoms with Crippen molar-refractivity contribution < 1.29 is 27.9 Å². The Morgan fingerprint density at radius 3 is 2.37 bits per heavy atom. The number of amides is 1. The number of carbonyl (C=O) groups is 2. The molecule has 19 heavy (non-hydrogen) atoms. The fraction of sp³-hybridized carbons (Fsp3) is 0.333. The predicted molar refractivity (Wildman–Crippen MR) is 57.9 cm³/mol. The predicted octanol–water partition coefficient (Wildman–Crippen LogP) is 1.70. The van der Waals surface area contributed by atoms with E-state index in [0.717, 1.165) is 6.07 Å². The van der Waals surface area contributed by atoms with Crippen molar-refractivity contribution in [2.45, 2.75) is 18.9 Å². The van der Waals surface area contributed by atoms with Crippen molar-refractivity contribution in [1.29, 1.82) is 0 Å². The third-order valence-corrected chi connectivity index (χ3v) is 2.93. The zero-order valence-electron chi connectivity index (χ0n) is 9.62. The Hall–Kier alpha value is -2.05. The summed E-state index contributed by atoms with van der Waals surface area (Å²) in [5.41, 5.74) is -0.717. The minimum absolute atomic E-state index is 0.199. The second-order valence-electron chi connectivity index (χ2n) is 4.35. The molecule has 1 atom stereocenters. The van der Waals surface area contributed by atoms with Crippen LogP contribution >= 0.6 is 0 Å². The Kier molecular flexibility index (Phi) is 3.46. The first-order valence-corrected chi connectivity index (χ1v) is 5.59. The van der Waals surface area contributed by atoms with Crippen molar-refractivity contribution in [3.63, 3.8) is 0 Å². The van der Waals surface area contributed by atoms with Crippen LogP contribution in [0.15, 0.2) is 12.1 Å². The summed E-state index contributed by atoms with van der Waals surface area (Å²) >= 11 is 0. The number of hydrogen-bond donors (Lipinski definition) is 2. The molecule has 2 N–H and O–H groups in total. The van der Waals surface area contributed by atoms with Crippen LogP contribution in [0.1, 0.15) is 23.2 Å². The molecule has 1 aromatic rings. The van der Waals surface area contributed by atoms with Gasteiger partial charge in [-0.2, -0.15) is 0 Å². The Morgan fingerprint density at radius 2 is 1.84 bits per heavy atom. The van der Waals surface area contributed by atoms with Gasteiger partial charge in [0, 0.05) is 0 Å². The average Bonchev–Trinajstić information content (AvgIpc) is 3.16. The summed E-state index contributed by atoms with van der Waals surface area (Å²) in [6.07, 6.45) is 1.30. The van der Waals surface area contributed by atoms with Gasteiger partial charge in [-0.1, -0.05) is 0 Å². The van der Waals surface area contributed by atoms with Crippen molar-refractivity contribution in [1.82, 2.24) is 5.32 Å². The molecule has 0 radical (unpaired) electrons. The van der Waals surface area contributed by atoms with E-state index in [0.29, 0.717) is 18.9 Å². The minimum Gasteiger partial charge on any atom is -0.480 e. The van der Waals surface area contributed by atoms with Crippen molar-refractivity contribution >= 4 is 11.9 Å². The monoisotopic (exact) mass is 273 g/mol. The highest BCUT2D eigenvalue weighted by Gasteiger charge is 2.37. The number of halogens is 3. The maximum atomic E-state index is 13.4. The number of benzene rings is 1. The molecule has 0 saturated heterocycles. The summed E-state index contributed by atoms with van der Waals surface area (Å²) in [7, 11) is 0. The summed E-state index contributed by atoms with van der Waals surface area (Å²) in [6, 6.07) is 0.245. The third-order valence-electron chi connectivity index (χ3n) is 2.93. The second-order valence-corrected chi connectivity index (χ2v) is 4.35. The molecule has 1 unspecified atom stereocenters. The van der Waals surface area contributed by atoms with Crippen LogP contribution in [0, 0.1) is 23.4 Å². The molecule has 7 heteroatoms.